The average Bonchev–Trinajstić information content (AvgIpc) is 3.05. The molecular weight excluding hydrogens is 248 g/mol. The van der Waals surface area contributed by atoms with Crippen molar-refractivity contribution in [3.63, 3.8) is 0 Å². The number of imidazole rings is 1. The molecule has 3 rings (SSSR count). The second-order valence-electron chi connectivity index (χ2n) is 5.58. The highest BCUT2D eigenvalue weighted by molar-refractivity contribution is 6.08. The van der Waals surface area contributed by atoms with Gasteiger partial charge in [0.15, 0.2) is 5.78 Å². The van der Waals surface area contributed by atoms with Gasteiger partial charge in [0.05, 0.1) is 17.4 Å². The predicted octanol–water partition coefficient (Wildman–Crippen LogP) is 3.38. The first-order valence-corrected chi connectivity index (χ1v) is 7.36. The molecule has 0 saturated heterocycles. The Hall–Kier alpha value is -1.90. The molecule has 0 aliphatic heterocycles. The molecule has 20 heavy (non-hydrogen) atoms. The van der Waals surface area contributed by atoms with Crippen LogP contribution >= 0.6 is 0 Å². The Kier molecular flexibility index (Phi) is 3.20. The largest absolute Gasteiger partial charge is 0.337 e. The summed E-state index contributed by atoms with van der Waals surface area (Å²) in [5.74, 6) is 0.247. The van der Waals surface area contributed by atoms with Crippen LogP contribution in [0.15, 0.2) is 36.8 Å². The number of aryl methyl sites for hydroxylation is 1. The maximum absolute atomic E-state index is 13.0. The van der Waals surface area contributed by atoms with E-state index in [0.717, 1.165) is 42.6 Å². The highest BCUT2D eigenvalue weighted by Gasteiger charge is 2.47. The van der Waals surface area contributed by atoms with Gasteiger partial charge in [-0.3, -0.25) is 4.79 Å². The van der Waals surface area contributed by atoms with Crippen LogP contribution < -0.4 is 0 Å². The van der Waals surface area contributed by atoms with Gasteiger partial charge in [-0.25, -0.2) is 4.98 Å². The number of nitrogens with zero attached hydrogens (tertiary/aromatic N) is 2. The van der Waals surface area contributed by atoms with E-state index in [4.69, 9.17) is 0 Å². The third-order valence-electron chi connectivity index (χ3n) is 4.35. The number of hydrogen-bond donors (Lipinski definition) is 0. The highest BCUT2D eigenvalue weighted by atomic mass is 16.1. The van der Waals surface area contributed by atoms with Gasteiger partial charge in [0, 0.05) is 18.3 Å². The van der Waals surface area contributed by atoms with Crippen molar-refractivity contribution in [3.8, 4) is 0 Å². The monoisotopic (exact) mass is 268 g/mol. The van der Waals surface area contributed by atoms with E-state index in [0.29, 0.717) is 0 Å². The number of aromatic nitrogens is 2. The molecule has 0 radical (unpaired) electrons. The van der Waals surface area contributed by atoms with Crippen molar-refractivity contribution in [1.29, 1.82) is 0 Å². The van der Waals surface area contributed by atoms with Gasteiger partial charge in [-0.1, -0.05) is 37.6 Å². The standard InChI is InChI=1S/C17H20N2O/c1-3-9-17(15-11-19(4-2)12-18-15)10-13-7-5-6-8-14(13)16(17)20/h5-8,11-12H,3-4,9-10H2,1-2H3. The summed E-state index contributed by atoms with van der Waals surface area (Å²) in [6.07, 6.45) is 6.51. The summed E-state index contributed by atoms with van der Waals surface area (Å²) in [4.78, 5) is 17.5. The van der Waals surface area contributed by atoms with Gasteiger partial charge in [0.1, 0.15) is 0 Å². The van der Waals surface area contributed by atoms with E-state index in [9.17, 15) is 4.79 Å². The topological polar surface area (TPSA) is 34.9 Å². The normalized spacial score (nSPS) is 21.2. The van der Waals surface area contributed by atoms with Crippen molar-refractivity contribution in [1.82, 2.24) is 9.55 Å². The minimum absolute atomic E-state index is 0.247. The predicted molar refractivity (Wildman–Crippen MR) is 79.0 cm³/mol. The Morgan fingerprint density at radius 3 is 2.75 bits per heavy atom. The van der Waals surface area contributed by atoms with E-state index in [1.165, 1.54) is 0 Å². The molecule has 0 spiro atoms. The lowest BCUT2D eigenvalue weighted by molar-refractivity contribution is 0.0890. The van der Waals surface area contributed by atoms with Gasteiger partial charge >= 0.3 is 0 Å². The molecule has 1 unspecified atom stereocenters. The molecule has 0 saturated carbocycles. The van der Waals surface area contributed by atoms with Gasteiger partial charge in [-0.2, -0.15) is 0 Å². The van der Waals surface area contributed by atoms with Crippen LogP contribution in [0.1, 0.15) is 48.3 Å². The fraction of sp³-hybridized carbons (Fsp3) is 0.412. The summed E-state index contributed by atoms with van der Waals surface area (Å²) in [5.41, 5.74) is 2.53. The molecule has 1 aliphatic carbocycles. The lowest BCUT2D eigenvalue weighted by atomic mass is 9.77. The molecule has 1 aromatic heterocycles. The highest BCUT2D eigenvalue weighted by Crippen LogP contribution is 2.42. The first kappa shape index (κ1) is 13.1. The maximum Gasteiger partial charge on any atom is 0.175 e. The van der Waals surface area contributed by atoms with Crippen LogP contribution in [-0.4, -0.2) is 15.3 Å². The number of fused-ring (bicyclic) bond motifs is 1. The summed E-state index contributed by atoms with van der Waals surface area (Å²) >= 11 is 0. The molecule has 0 N–H and O–H groups in total. The van der Waals surface area contributed by atoms with E-state index in [-0.39, 0.29) is 5.78 Å². The Morgan fingerprint density at radius 1 is 1.30 bits per heavy atom. The Labute approximate surface area is 119 Å². The molecule has 0 fully saturated rings. The zero-order chi connectivity index (χ0) is 14.2. The van der Waals surface area contributed by atoms with Crippen molar-refractivity contribution in [2.24, 2.45) is 0 Å². The number of ketones is 1. The zero-order valence-corrected chi connectivity index (χ0v) is 12.1. The zero-order valence-electron chi connectivity index (χ0n) is 12.1. The van der Waals surface area contributed by atoms with Crippen molar-refractivity contribution >= 4 is 5.78 Å². The summed E-state index contributed by atoms with van der Waals surface area (Å²) in [6, 6.07) is 7.98. The molecule has 1 atom stereocenters. The van der Waals surface area contributed by atoms with Crippen molar-refractivity contribution in [2.45, 2.75) is 45.1 Å². The average molecular weight is 268 g/mol. The van der Waals surface area contributed by atoms with E-state index in [2.05, 4.69) is 24.9 Å². The van der Waals surface area contributed by atoms with Crippen LogP contribution in [0.25, 0.3) is 0 Å². The molecule has 104 valence electrons. The molecule has 3 heteroatoms. The van der Waals surface area contributed by atoms with Crippen molar-refractivity contribution < 1.29 is 4.79 Å². The maximum atomic E-state index is 13.0. The van der Waals surface area contributed by atoms with E-state index >= 15 is 0 Å². The van der Waals surface area contributed by atoms with Crippen LogP contribution in [0.5, 0.6) is 0 Å². The smallest absolute Gasteiger partial charge is 0.175 e. The summed E-state index contributed by atoms with van der Waals surface area (Å²) in [7, 11) is 0. The van der Waals surface area contributed by atoms with Gasteiger partial charge in [-0.05, 0) is 25.3 Å². The molecule has 0 amide bonds. The number of rotatable bonds is 4. The quantitative estimate of drug-likeness (QED) is 0.852. The Morgan fingerprint density at radius 2 is 2.10 bits per heavy atom. The van der Waals surface area contributed by atoms with E-state index < -0.39 is 5.41 Å². The van der Waals surface area contributed by atoms with Crippen LogP contribution in [0, 0.1) is 0 Å². The molecule has 1 aliphatic rings. The Bertz CT molecular complexity index is 644. The summed E-state index contributed by atoms with van der Waals surface area (Å²) < 4.78 is 2.04. The third kappa shape index (κ3) is 1.80. The number of carbonyl (C=O) groups excluding carboxylic acids is 1. The first-order chi connectivity index (χ1) is 9.71. The summed E-state index contributed by atoms with van der Waals surface area (Å²) in [6.45, 7) is 5.11. The van der Waals surface area contributed by atoms with Gasteiger partial charge in [-0.15, -0.1) is 0 Å². The number of hydrogen-bond acceptors (Lipinski definition) is 2. The second-order valence-corrected chi connectivity index (χ2v) is 5.58. The minimum atomic E-state index is -0.446. The van der Waals surface area contributed by atoms with Crippen LogP contribution in [-0.2, 0) is 18.4 Å². The molecule has 1 aromatic carbocycles. The fourth-order valence-corrected chi connectivity index (χ4v) is 3.30. The summed E-state index contributed by atoms with van der Waals surface area (Å²) in [5, 5.41) is 0. The minimum Gasteiger partial charge on any atom is -0.337 e. The van der Waals surface area contributed by atoms with Crippen LogP contribution in [0.4, 0.5) is 0 Å². The van der Waals surface area contributed by atoms with Gasteiger partial charge < -0.3 is 4.57 Å². The van der Waals surface area contributed by atoms with E-state index in [1.807, 2.05) is 35.3 Å². The fourth-order valence-electron chi connectivity index (χ4n) is 3.30. The number of benzene rings is 1. The van der Waals surface area contributed by atoms with Crippen LogP contribution in [0.2, 0.25) is 0 Å². The number of Topliss-reactive ketones (excluding diaryl/α,β-unsaturated/α-hetero) is 1. The first-order valence-electron chi connectivity index (χ1n) is 7.36. The Balaban J connectivity index is 2.09. The molecule has 3 nitrogen and oxygen atoms in total. The van der Waals surface area contributed by atoms with Crippen molar-refractivity contribution in [3.05, 3.63) is 53.6 Å². The van der Waals surface area contributed by atoms with Crippen molar-refractivity contribution in [2.75, 3.05) is 0 Å². The molecular formula is C17H20N2O. The lowest BCUT2D eigenvalue weighted by Gasteiger charge is -2.24. The SMILES string of the molecule is CCCC1(c2cn(CC)cn2)Cc2ccccc2C1=O. The van der Waals surface area contributed by atoms with Crippen LogP contribution in [0.3, 0.4) is 0 Å². The number of carbonyl (C=O) groups is 1. The van der Waals surface area contributed by atoms with Gasteiger partial charge in [0.2, 0.25) is 0 Å². The lowest BCUT2D eigenvalue weighted by Crippen LogP contribution is -2.33. The molecule has 0 bridgehead atoms. The van der Waals surface area contributed by atoms with Gasteiger partial charge in [0.25, 0.3) is 0 Å². The second kappa shape index (κ2) is 4.89. The third-order valence-corrected chi connectivity index (χ3v) is 4.35. The molecule has 2 aromatic rings. The van der Waals surface area contributed by atoms with E-state index in [1.54, 1.807) is 0 Å². The molecule has 1 heterocycles.